The summed E-state index contributed by atoms with van der Waals surface area (Å²) in [5.74, 6) is 0.446. The van der Waals surface area contributed by atoms with Gasteiger partial charge in [0.05, 0.1) is 13.2 Å². The van der Waals surface area contributed by atoms with Gasteiger partial charge in [0.1, 0.15) is 5.76 Å². The van der Waals surface area contributed by atoms with E-state index >= 15 is 0 Å². The number of rotatable bonds is 3. The summed E-state index contributed by atoms with van der Waals surface area (Å²) in [6, 6.07) is 8.97. The van der Waals surface area contributed by atoms with Gasteiger partial charge >= 0.3 is 0 Å². The van der Waals surface area contributed by atoms with Crippen LogP contribution in [-0.4, -0.2) is 19.1 Å². The maximum absolute atomic E-state index is 12.1. The van der Waals surface area contributed by atoms with Crippen LogP contribution in [0.15, 0.2) is 66.0 Å². The van der Waals surface area contributed by atoms with Crippen molar-refractivity contribution >= 4 is 11.6 Å². The molecule has 0 saturated heterocycles. The summed E-state index contributed by atoms with van der Waals surface area (Å²) in [6.45, 7) is 0. The van der Waals surface area contributed by atoms with Crippen molar-refractivity contribution in [2.75, 3.05) is 12.4 Å². The van der Waals surface area contributed by atoms with E-state index in [1.807, 2.05) is 30.3 Å². The van der Waals surface area contributed by atoms with E-state index in [1.165, 1.54) is 0 Å². The molecule has 19 heavy (non-hydrogen) atoms. The average Bonchev–Trinajstić information content (AvgIpc) is 2.61. The Balaban J connectivity index is 2.14. The van der Waals surface area contributed by atoms with Gasteiger partial charge in [-0.25, -0.2) is 0 Å². The molecule has 0 radical (unpaired) electrons. The van der Waals surface area contributed by atoms with Crippen LogP contribution in [0.5, 0.6) is 0 Å². The number of carbonyl (C=O) groups is 1. The maximum atomic E-state index is 12.1. The van der Waals surface area contributed by atoms with Crippen molar-refractivity contribution in [2.45, 2.75) is 6.04 Å². The van der Waals surface area contributed by atoms with E-state index in [-0.39, 0.29) is 11.9 Å². The van der Waals surface area contributed by atoms with Gasteiger partial charge < -0.3 is 15.8 Å². The van der Waals surface area contributed by atoms with Crippen molar-refractivity contribution in [3.05, 3.63) is 66.0 Å². The molecule has 1 aromatic carbocycles. The fourth-order valence-electron chi connectivity index (χ4n) is 1.72. The highest BCUT2D eigenvalue weighted by Gasteiger charge is 2.12. The second-order valence-corrected chi connectivity index (χ2v) is 4.10. The number of para-hydroxylation sites is 1. The molecule has 0 unspecified atom stereocenters. The number of benzene rings is 1. The van der Waals surface area contributed by atoms with E-state index < -0.39 is 0 Å². The quantitative estimate of drug-likeness (QED) is 0.869. The number of methoxy groups -OCH3 is 1. The molecule has 1 aromatic rings. The number of hydrogen-bond donors (Lipinski definition) is 2. The Labute approximate surface area is 112 Å². The van der Waals surface area contributed by atoms with Crippen LogP contribution < -0.4 is 11.1 Å². The van der Waals surface area contributed by atoms with Crippen LogP contribution >= 0.6 is 0 Å². The van der Waals surface area contributed by atoms with Crippen molar-refractivity contribution in [3.63, 3.8) is 0 Å². The molecule has 1 aliphatic carbocycles. The number of allylic oxidation sites excluding steroid dienone is 2. The molecule has 4 heteroatoms. The minimum atomic E-state index is -0.330. The van der Waals surface area contributed by atoms with Crippen LogP contribution in [0.4, 0.5) is 5.69 Å². The first-order valence-electron chi connectivity index (χ1n) is 5.97. The van der Waals surface area contributed by atoms with Gasteiger partial charge in [-0.15, -0.1) is 0 Å². The molecule has 0 aromatic heterocycles. The lowest BCUT2D eigenvalue weighted by atomic mass is 10.2. The van der Waals surface area contributed by atoms with Crippen molar-refractivity contribution in [1.29, 1.82) is 0 Å². The monoisotopic (exact) mass is 256 g/mol. The second-order valence-electron chi connectivity index (χ2n) is 4.10. The summed E-state index contributed by atoms with van der Waals surface area (Å²) in [4.78, 5) is 12.1. The van der Waals surface area contributed by atoms with E-state index in [0.29, 0.717) is 11.3 Å². The summed E-state index contributed by atoms with van der Waals surface area (Å²) >= 11 is 0. The minimum absolute atomic E-state index is 0.178. The maximum Gasteiger partial charge on any atom is 0.255 e. The molecule has 1 amide bonds. The molecule has 0 fully saturated rings. The lowest BCUT2D eigenvalue weighted by Crippen LogP contribution is -2.20. The summed E-state index contributed by atoms with van der Waals surface area (Å²) in [6.07, 6.45) is 6.84. The Bertz CT molecular complexity index is 545. The number of nitrogens with one attached hydrogen (secondary N) is 1. The van der Waals surface area contributed by atoms with E-state index in [9.17, 15) is 4.79 Å². The zero-order valence-corrected chi connectivity index (χ0v) is 10.7. The smallest absolute Gasteiger partial charge is 0.255 e. The van der Waals surface area contributed by atoms with Gasteiger partial charge in [0.15, 0.2) is 0 Å². The highest BCUT2D eigenvalue weighted by Crippen LogP contribution is 2.13. The van der Waals surface area contributed by atoms with Crippen LogP contribution in [0.1, 0.15) is 0 Å². The Morgan fingerprint density at radius 3 is 2.68 bits per heavy atom. The third-order valence-corrected chi connectivity index (χ3v) is 2.77. The summed E-state index contributed by atoms with van der Waals surface area (Å²) in [7, 11) is 1.56. The molecule has 98 valence electrons. The van der Waals surface area contributed by atoms with Crippen LogP contribution in [-0.2, 0) is 9.53 Å². The van der Waals surface area contributed by atoms with Gasteiger partial charge in [0.2, 0.25) is 0 Å². The van der Waals surface area contributed by atoms with Gasteiger partial charge in [-0.3, -0.25) is 4.79 Å². The second kappa shape index (κ2) is 6.02. The molecule has 4 nitrogen and oxygen atoms in total. The van der Waals surface area contributed by atoms with Crippen molar-refractivity contribution < 1.29 is 9.53 Å². The van der Waals surface area contributed by atoms with E-state index in [2.05, 4.69) is 5.32 Å². The fourth-order valence-corrected chi connectivity index (χ4v) is 1.72. The topological polar surface area (TPSA) is 64.3 Å². The molecular weight excluding hydrogens is 240 g/mol. The summed E-state index contributed by atoms with van der Waals surface area (Å²) in [5, 5.41) is 2.82. The first kappa shape index (κ1) is 13.1. The van der Waals surface area contributed by atoms with Crippen LogP contribution in [0.3, 0.4) is 0 Å². The predicted octanol–water partition coefficient (Wildman–Crippen LogP) is 1.98. The van der Waals surface area contributed by atoms with Crippen LogP contribution in [0, 0.1) is 0 Å². The highest BCUT2D eigenvalue weighted by atomic mass is 16.5. The largest absolute Gasteiger partial charge is 0.499 e. The molecule has 0 spiro atoms. The van der Waals surface area contributed by atoms with Gasteiger partial charge in [-0.05, 0) is 24.3 Å². The molecule has 1 aliphatic rings. The molecular formula is C15H16N2O2. The molecule has 0 saturated carbocycles. The van der Waals surface area contributed by atoms with Crippen LogP contribution in [0.2, 0.25) is 0 Å². The van der Waals surface area contributed by atoms with Crippen molar-refractivity contribution in [1.82, 2.24) is 0 Å². The highest BCUT2D eigenvalue weighted by molar-refractivity contribution is 6.06. The number of nitrogens with two attached hydrogens (primary N) is 1. The lowest BCUT2D eigenvalue weighted by Gasteiger charge is -2.08. The first-order valence-corrected chi connectivity index (χ1v) is 5.97. The Kier molecular flexibility index (Phi) is 4.15. The normalized spacial score (nSPS) is 18.1. The number of amides is 1. The van der Waals surface area contributed by atoms with Crippen molar-refractivity contribution in [3.8, 4) is 0 Å². The van der Waals surface area contributed by atoms with Gasteiger partial charge in [0, 0.05) is 11.3 Å². The van der Waals surface area contributed by atoms with Gasteiger partial charge in [0.25, 0.3) is 5.91 Å². The Morgan fingerprint density at radius 2 is 2.00 bits per heavy atom. The Hall–Kier alpha value is -2.33. The molecule has 2 rings (SSSR count). The lowest BCUT2D eigenvalue weighted by molar-refractivity contribution is -0.112. The fraction of sp³-hybridized carbons (Fsp3) is 0.133. The molecule has 1 atom stereocenters. The van der Waals surface area contributed by atoms with E-state index in [1.54, 1.807) is 31.4 Å². The molecule has 3 N–H and O–H groups in total. The third-order valence-electron chi connectivity index (χ3n) is 2.77. The van der Waals surface area contributed by atoms with Gasteiger partial charge in [-0.1, -0.05) is 30.4 Å². The number of anilines is 1. The predicted molar refractivity (Wildman–Crippen MR) is 75.4 cm³/mol. The number of ether oxygens (including phenoxy) is 1. The minimum Gasteiger partial charge on any atom is -0.499 e. The Morgan fingerprint density at radius 1 is 1.26 bits per heavy atom. The molecule has 0 bridgehead atoms. The third kappa shape index (κ3) is 3.33. The number of carbonyl (C=O) groups excluding carboxylic acids is 1. The van der Waals surface area contributed by atoms with Gasteiger partial charge in [-0.2, -0.15) is 0 Å². The molecule has 0 aliphatic heterocycles. The zero-order chi connectivity index (χ0) is 13.7. The van der Waals surface area contributed by atoms with Crippen molar-refractivity contribution in [2.24, 2.45) is 5.73 Å². The number of hydrogen-bond acceptors (Lipinski definition) is 3. The zero-order valence-electron chi connectivity index (χ0n) is 10.7. The van der Waals surface area contributed by atoms with Crippen LogP contribution in [0.25, 0.3) is 0 Å². The standard InChI is InChI=1S/C15H16N2O2/c1-19-14-10-8-11(7-9-13(14)16)15(18)17-12-5-3-2-4-6-12/h2-10,13H,16H2,1H3,(H,17,18)/t13-/m1/s1. The SMILES string of the molecule is COC1=CC=C(C(=O)Nc2ccccc2)C=C[C@H]1N. The summed E-state index contributed by atoms with van der Waals surface area (Å²) < 4.78 is 5.14. The summed E-state index contributed by atoms with van der Waals surface area (Å²) in [5.41, 5.74) is 7.15. The van der Waals surface area contributed by atoms with E-state index in [0.717, 1.165) is 5.69 Å². The average molecular weight is 256 g/mol. The first-order chi connectivity index (χ1) is 9.20. The molecule has 0 heterocycles. The van der Waals surface area contributed by atoms with E-state index in [4.69, 9.17) is 10.5 Å².